The summed E-state index contributed by atoms with van der Waals surface area (Å²) in [5.74, 6) is -1.47. The highest BCUT2D eigenvalue weighted by Crippen LogP contribution is 2.49. The monoisotopic (exact) mass is 719 g/mol. The molecular weight excluding hydrogens is 685 g/mol. The smallest absolute Gasteiger partial charge is 0.471 e. The molecule has 4 saturated heterocycles. The Bertz CT molecular complexity index is 2170. The summed E-state index contributed by atoms with van der Waals surface area (Å²) in [6, 6.07) is 7.47. The molecule has 4 aromatic rings. The second-order valence-corrected chi connectivity index (χ2v) is 14.9. The summed E-state index contributed by atoms with van der Waals surface area (Å²) < 4.78 is 86.0. The fraction of sp³-hybridized carbons (Fsp3) is 0.447. The lowest BCUT2D eigenvalue weighted by atomic mass is 9.93. The molecule has 4 aliphatic heterocycles. The molecule has 3 aromatic carbocycles. The fourth-order valence-corrected chi connectivity index (χ4v) is 8.84. The Morgan fingerprint density at radius 3 is 2.50 bits per heavy atom. The number of ether oxygens (including phenoxy) is 2. The van der Waals surface area contributed by atoms with Gasteiger partial charge in [0.1, 0.15) is 22.9 Å². The molecule has 1 saturated carbocycles. The van der Waals surface area contributed by atoms with E-state index in [4.69, 9.17) is 15.9 Å². The SMILES string of the molecule is C#Cc1cccc2cc(O)cc(-c3c(F)cc4c(N5CC6CCC(C5)N6C(=O)C(F)(F)F)nc(OCC5(CN6C[C@@H]7CC6CO7)CC5)nc4c3F)c12. The Labute approximate surface area is 295 Å². The Balaban J connectivity index is 1.13. The van der Waals surface area contributed by atoms with Crippen LogP contribution in [0.25, 0.3) is 32.8 Å². The van der Waals surface area contributed by atoms with Crippen LogP contribution in [0.1, 0.15) is 37.7 Å². The van der Waals surface area contributed by atoms with Crippen molar-refractivity contribution in [3.8, 4) is 35.2 Å². The van der Waals surface area contributed by atoms with Crippen molar-refractivity contribution in [2.45, 2.75) is 62.5 Å². The summed E-state index contributed by atoms with van der Waals surface area (Å²) in [5.41, 5.74) is -0.470. The molecule has 5 aliphatic rings. The molecule has 9 rings (SSSR count). The first-order valence-corrected chi connectivity index (χ1v) is 17.5. The van der Waals surface area contributed by atoms with Gasteiger partial charge in [0.2, 0.25) is 0 Å². The van der Waals surface area contributed by atoms with Crippen molar-refractivity contribution < 1.29 is 41.3 Å². The number of rotatable bonds is 7. The molecule has 3 unspecified atom stereocenters. The van der Waals surface area contributed by atoms with Crippen molar-refractivity contribution >= 4 is 33.4 Å². The molecule has 0 radical (unpaired) electrons. The number of aromatic nitrogens is 2. The molecule has 14 heteroatoms. The number of benzene rings is 3. The number of aromatic hydroxyl groups is 1. The number of anilines is 1. The van der Waals surface area contributed by atoms with Crippen molar-refractivity contribution in [2.75, 3.05) is 44.3 Å². The topological polar surface area (TPSA) is 91.3 Å². The van der Waals surface area contributed by atoms with E-state index in [-0.39, 0.29) is 65.3 Å². The van der Waals surface area contributed by atoms with Crippen LogP contribution in [0.4, 0.5) is 27.8 Å². The summed E-state index contributed by atoms with van der Waals surface area (Å²) in [4.78, 5) is 26.5. The lowest BCUT2D eigenvalue weighted by Gasteiger charge is -2.42. The van der Waals surface area contributed by atoms with Crippen molar-refractivity contribution in [1.29, 1.82) is 0 Å². The maximum Gasteiger partial charge on any atom is 0.471 e. The average Bonchev–Trinajstić information content (AvgIpc) is 3.40. The van der Waals surface area contributed by atoms with Gasteiger partial charge in [0.25, 0.3) is 0 Å². The quantitative estimate of drug-likeness (QED) is 0.190. The number of amides is 1. The molecule has 1 N–H and O–H groups in total. The lowest BCUT2D eigenvalue weighted by molar-refractivity contribution is -0.188. The first-order chi connectivity index (χ1) is 24.9. The number of morpholine rings is 1. The number of alkyl halides is 3. The number of phenolic OH excluding ortho intramolecular Hbond substituents is 1. The van der Waals surface area contributed by atoms with Gasteiger partial charge < -0.3 is 24.4 Å². The molecule has 270 valence electrons. The van der Waals surface area contributed by atoms with Crippen LogP contribution in [0.5, 0.6) is 11.8 Å². The molecule has 52 heavy (non-hydrogen) atoms. The highest BCUT2D eigenvalue weighted by Gasteiger charge is 2.52. The average molecular weight is 720 g/mol. The number of likely N-dealkylation sites (tertiary alicyclic amines) is 1. The molecule has 4 bridgehead atoms. The van der Waals surface area contributed by atoms with Crippen LogP contribution in [0.2, 0.25) is 0 Å². The van der Waals surface area contributed by atoms with Crippen LogP contribution < -0.4 is 9.64 Å². The van der Waals surface area contributed by atoms with Crippen molar-refractivity contribution in [2.24, 2.45) is 5.41 Å². The number of nitrogens with zero attached hydrogens (tertiary/aromatic N) is 5. The minimum absolute atomic E-state index is 0.00282. The van der Waals surface area contributed by atoms with Crippen LogP contribution in [0, 0.1) is 29.4 Å². The van der Waals surface area contributed by atoms with Crippen LogP contribution in [0.15, 0.2) is 36.4 Å². The van der Waals surface area contributed by atoms with Crippen LogP contribution in [-0.2, 0) is 9.53 Å². The molecule has 5 heterocycles. The molecule has 1 aromatic heterocycles. The number of carbonyl (C=O) groups excluding carboxylic acids is 1. The fourth-order valence-electron chi connectivity index (χ4n) is 8.84. The number of phenols is 1. The van der Waals surface area contributed by atoms with E-state index in [1.54, 1.807) is 23.1 Å². The van der Waals surface area contributed by atoms with Gasteiger partial charge in [0, 0.05) is 59.5 Å². The zero-order valence-electron chi connectivity index (χ0n) is 27.9. The second kappa shape index (κ2) is 11.9. The molecular formula is C38H34F5N5O4. The normalized spacial score (nSPS) is 24.9. The van der Waals surface area contributed by atoms with Crippen molar-refractivity contribution in [3.05, 3.63) is 53.6 Å². The largest absolute Gasteiger partial charge is 0.508 e. The zero-order chi connectivity index (χ0) is 36.1. The van der Waals surface area contributed by atoms with Gasteiger partial charge in [-0.15, -0.1) is 6.42 Å². The number of hydrogen-bond acceptors (Lipinski definition) is 8. The molecule has 4 atom stereocenters. The van der Waals surface area contributed by atoms with Crippen LogP contribution >= 0.6 is 0 Å². The third kappa shape index (κ3) is 5.47. The Hall–Kier alpha value is -4.74. The third-order valence-electron chi connectivity index (χ3n) is 11.5. The Morgan fingerprint density at radius 2 is 1.85 bits per heavy atom. The van der Waals surface area contributed by atoms with E-state index >= 15 is 8.78 Å². The van der Waals surface area contributed by atoms with Gasteiger partial charge in [-0.3, -0.25) is 9.69 Å². The highest BCUT2D eigenvalue weighted by molar-refractivity contribution is 6.04. The minimum Gasteiger partial charge on any atom is -0.508 e. The van der Waals surface area contributed by atoms with E-state index in [0.29, 0.717) is 41.8 Å². The Morgan fingerprint density at radius 1 is 1.08 bits per heavy atom. The predicted octanol–water partition coefficient (Wildman–Crippen LogP) is 5.79. The number of hydrogen-bond donors (Lipinski definition) is 1. The van der Waals surface area contributed by atoms with Gasteiger partial charge in [-0.25, -0.2) is 8.78 Å². The molecule has 9 nitrogen and oxygen atoms in total. The van der Waals surface area contributed by atoms with E-state index in [0.717, 1.165) is 43.3 Å². The molecule has 1 amide bonds. The first kappa shape index (κ1) is 33.1. The molecule has 0 spiro atoms. The van der Waals surface area contributed by atoms with Gasteiger partial charge in [0.15, 0.2) is 5.82 Å². The first-order valence-electron chi connectivity index (χ1n) is 17.5. The maximum absolute atomic E-state index is 17.0. The van der Waals surface area contributed by atoms with E-state index in [1.165, 1.54) is 12.1 Å². The summed E-state index contributed by atoms with van der Waals surface area (Å²) in [6.07, 6.45) is 4.53. The minimum atomic E-state index is -5.02. The van der Waals surface area contributed by atoms with E-state index in [1.807, 2.05) is 0 Å². The summed E-state index contributed by atoms with van der Waals surface area (Å²) in [5, 5.41) is 11.4. The van der Waals surface area contributed by atoms with Gasteiger partial charge in [-0.05, 0) is 61.8 Å². The van der Waals surface area contributed by atoms with E-state index in [2.05, 4.69) is 20.8 Å². The lowest BCUT2D eigenvalue weighted by Crippen LogP contribution is -2.59. The van der Waals surface area contributed by atoms with Gasteiger partial charge in [-0.1, -0.05) is 18.1 Å². The van der Waals surface area contributed by atoms with Crippen LogP contribution in [0.3, 0.4) is 0 Å². The maximum atomic E-state index is 17.0. The number of halogens is 5. The number of terminal acetylenes is 1. The van der Waals surface area contributed by atoms with Crippen LogP contribution in [-0.4, -0.2) is 101 Å². The van der Waals surface area contributed by atoms with Crippen molar-refractivity contribution in [1.82, 2.24) is 19.8 Å². The predicted molar refractivity (Wildman–Crippen MR) is 181 cm³/mol. The summed E-state index contributed by atoms with van der Waals surface area (Å²) in [7, 11) is 0. The number of carbonyl (C=O) groups is 1. The van der Waals surface area contributed by atoms with E-state index in [9.17, 15) is 23.1 Å². The highest BCUT2D eigenvalue weighted by atomic mass is 19.4. The Kier molecular flexibility index (Phi) is 7.58. The van der Waals surface area contributed by atoms with E-state index < -0.39 is 41.4 Å². The zero-order valence-corrected chi connectivity index (χ0v) is 27.9. The standard InChI is InChI=1S/C38H34F5N5O4/c1-2-20-4-3-5-21-10-25(49)12-27(30(20)21)31-29(39)13-28-33(32(31)40)44-36(52-19-37(8-9-37)18-47-16-26-11-24(47)17-51-26)45-34(28)46-14-22-6-7-23(15-46)48(22)35(50)38(41,42)43/h1,3-5,10,12-13,22-24,26,49H,6-9,11,14-19H2/t22?,23?,24?,26-/m0/s1. The molecule has 5 fully saturated rings. The number of piperazine rings is 1. The third-order valence-corrected chi connectivity index (χ3v) is 11.5. The van der Waals surface area contributed by atoms with Gasteiger partial charge in [-0.2, -0.15) is 23.1 Å². The summed E-state index contributed by atoms with van der Waals surface area (Å²) >= 11 is 0. The second-order valence-electron chi connectivity index (χ2n) is 14.9. The number of fused-ring (bicyclic) bond motifs is 6. The van der Waals surface area contributed by atoms with Gasteiger partial charge >= 0.3 is 18.1 Å². The van der Waals surface area contributed by atoms with Crippen molar-refractivity contribution in [3.63, 3.8) is 0 Å². The molecule has 1 aliphatic carbocycles. The summed E-state index contributed by atoms with van der Waals surface area (Å²) in [6.45, 7) is 2.58. The van der Waals surface area contributed by atoms with Gasteiger partial charge in [0.05, 0.1) is 37.0 Å².